The van der Waals surface area contributed by atoms with Gasteiger partial charge in [-0.25, -0.2) is 0 Å². The highest BCUT2D eigenvalue weighted by Crippen LogP contribution is 2.36. The van der Waals surface area contributed by atoms with Crippen LogP contribution in [0.25, 0.3) is 6.08 Å². The molecule has 0 aromatic heterocycles. The van der Waals surface area contributed by atoms with Crippen LogP contribution in [-0.2, 0) is 6.42 Å². The summed E-state index contributed by atoms with van der Waals surface area (Å²) in [6.45, 7) is 0. The van der Waals surface area contributed by atoms with Crippen molar-refractivity contribution in [3.63, 3.8) is 0 Å². The topological polar surface area (TPSA) is 129 Å². The number of hydrogen-bond donors (Lipinski definition) is 0. The average molecular weight is 445 g/mol. The first-order valence-corrected chi connectivity index (χ1v) is 9.90. The van der Waals surface area contributed by atoms with Crippen molar-refractivity contribution in [1.29, 1.82) is 0 Å². The van der Waals surface area contributed by atoms with E-state index >= 15 is 0 Å². The maximum Gasteiger partial charge on any atom is 0.336 e. The molecule has 1 unspecified atom stereocenters. The zero-order valence-electron chi connectivity index (χ0n) is 17.3. The van der Waals surface area contributed by atoms with Crippen LogP contribution in [-0.4, -0.2) is 14.8 Å². The third kappa shape index (κ3) is 5.73. The van der Waals surface area contributed by atoms with E-state index in [1.54, 1.807) is 78.9 Å². The van der Waals surface area contributed by atoms with Crippen LogP contribution in [0.2, 0.25) is 0 Å². The van der Waals surface area contributed by atoms with Crippen molar-refractivity contribution in [3.8, 4) is 0 Å². The number of hydrogen-bond acceptors (Lipinski definition) is 6. The quantitative estimate of drug-likeness (QED) is 0.333. The fourth-order valence-corrected chi connectivity index (χ4v) is 3.49. The molecule has 0 radical (unpaired) electrons. The smallest absolute Gasteiger partial charge is 0.259 e. The summed E-state index contributed by atoms with van der Waals surface area (Å²) < 4.78 is 0. The van der Waals surface area contributed by atoms with Crippen molar-refractivity contribution in [2.75, 3.05) is 0 Å². The Labute approximate surface area is 188 Å². The largest absolute Gasteiger partial charge is 0.336 e. The van der Waals surface area contributed by atoms with Gasteiger partial charge in [0.25, 0.3) is 5.70 Å². The summed E-state index contributed by atoms with van der Waals surface area (Å²) in [5.41, 5.74) is -0.958. The zero-order chi connectivity index (χ0) is 23.8. The van der Waals surface area contributed by atoms with Gasteiger partial charge in [-0.1, -0.05) is 91.0 Å². The molecule has 0 amide bonds. The summed E-state index contributed by atoms with van der Waals surface area (Å²) in [5, 5.41) is 36.3. The summed E-state index contributed by atoms with van der Waals surface area (Å²) in [6, 6.07) is 24.3. The highest BCUT2D eigenvalue weighted by molar-refractivity contribution is 5.55. The fourth-order valence-electron chi connectivity index (χ4n) is 3.49. The first kappa shape index (κ1) is 23.0. The van der Waals surface area contributed by atoms with Gasteiger partial charge in [-0.2, -0.15) is 0 Å². The van der Waals surface area contributed by atoms with Gasteiger partial charge in [-0.15, -0.1) is 0 Å². The number of nitrogens with zero attached hydrogens (tertiary/aromatic N) is 3. The summed E-state index contributed by atoms with van der Waals surface area (Å²) in [4.78, 5) is 33.9. The minimum Gasteiger partial charge on any atom is -0.259 e. The van der Waals surface area contributed by atoms with Gasteiger partial charge in [0, 0.05) is 6.08 Å². The molecule has 0 fully saturated rings. The van der Waals surface area contributed by atoms with Crippen LogP contribution >= 0.6 is 0 Å². The molecule has 0 saturated carbocycles. The third-order valence-electron chi connectivity index (χ3n) is 4.95. The van der Waals surface area contributed by atoms with Crippen LogP contribution in [0.15, 0.2) is 108 Å². The Morgan fingerprint density at radius 3 is 1.70 bits per heavy atom. The van der Waals surface area contributed by atoms with E-state index in [0.717, 1.165) is 0 Å². The Kier molecular flexibility index (Phi) is 7.38. The lowest BCUT2D eigenvalue weighted by atomic mass is 9.89. The molecule has 3 rings (SSSR count). The van der Waals surface area contributed by atoms with Crippen LogP contribution in [0, 0.1) is 30.3 Å². The maximum atomic E-state index is 12.2. The van der Waals surface area contributed by atoms with E-state index in [2.05, 4.69) is 0 Å². The molecule has 0 aliphatic heterocycles. The molecule has 166 valence electrons. The number of nitro groups is 3. The summed E-state index contributed by atoms with van der Waals surface area (Å²) >= 11 is 0. The molecule has 1 atom stereocenters. The molecule has 0 N–H and O–H groups in total. The summed E-state index contributed by atoms with van der Waals surface area (Å²) in [5.74, 6) is -1.57. The molecular weight excluding hydrogens is 426 g/mol. The summed E-state index contributed by atoms with van der Waals surface area (Å²) in [6.07, 6.45) is 0.852. The SMILES string of the molecule is O=[N+]([O-])C(=Cc1ccccc1)C(C(=C(Cc1ccccc1)[N+](=O)[O-])[N+](=O)[O-])c1ccccc1. The summed E-state index contributed by atoms with van der Waals surface area (Å²) in [7, 11) is 0. The van der Waals surface area contributed by atoms with E-state index in [4.69, 9.17) is 0 Å². The van der Waals surface area contributed by atoms with E-state index in [9.17, 15) is 30.3 Å². The van der Waals surface area contributed by atoms with Gasteiger partial charge in [0.15, 0.2) is 5.92 Å². The molecule has 0 heterocycles. The van der Waals surface area contributed by atoms with Crippen molar-refractivity contribution >= 4 is 6.08 Å². The van der Waals surface area contributed by atoms with E-state index in [1.807, 2.05) is 0 Å². The molecule has 9 heteroatoms. The van der Waals surface area contributed by atoms with Gasteiger partial charge in [0.1, 0.15) is 0 Å². The van der Waals surface area contributed by atoms with E-state index in [0.29, 0.717) is 11.1 Å². The van der Waals surface area contributed by atoms with Crippen molar-refractivity contribution in [2.45, 2.75) is 12.3 Å². The normalized spacial score (nSPS) is 13.0. The van der Waals surface area contributed by atoms with E-state index in [1.165, 1.54) is 18.2 Å². The van der Waals surface area contributed by atoms with Crippen LogP contribution in [0.1, 0.15) is 22.6 Å². The predicted octanol–water partition coefficient (Wildman–Crippen LogP) is 5.10. The lowest BCUT2D eigenvalue weighted by Crippen LogP contribution is -2.22. The van der Waals surface area contributed by atoms with Gasteiger partial charge >= 0.3 is 11.4 Å². The van der Waals surface area contributed by atoms with Crippen LogP contribution in [0.4, 0.5) is 0 Å². The van der Waals surface area contributed by atoms with E-state index < -0.39 is 37.8 Å². The molecule has 9 nitrogen and oxygen atoms in total. The lowest BCUT2D eigenvalue weighted by molar-refractivity contribution is -0.482. The van der Waals surface area contributed by atoms with Gasteiger partial charge in [-0.3, -0.25) is 30.3 Å². The number of rotatable bonds is 9. The standard InChI is InChI=1S/C24H19N3O6/c28-25(29)21(16-18-10-4-1-5-11-18)23(20-14-8-3-9-15-20)24(27(32)33)22(26(30)31)17-19-12-6-2-7-13-19/h1-16,23H,17H2. The molecule has 0 saturated heterocycles. The Morgan fingerprint density at radius 2 is 1.21 bits per heavy atom. The maximum absolute atomic E-state index is 12.2. The van der Waals surface area contributed by atoms with Gasteiger partial charge in [-0.05, 0) is 16.7 Å². The molecule has 33 heavy (non-hydrogen) atoms. The van der Waals surface area contributed by atoms with Crippen LogP contribution in [0.3, 0.4) is 0 Å². The Bertz CT molecular complexity index is 1210. The monoisotopic (exact) mass is 445 g/mol. The molecule has 0 bridgehead atoms. The predicted molar refractivity (Wildman–Crippen MR) is 122 cm³/mol. The third-order valence-corrected chi connectivity index (χ3v) is 4.95. The number of allylic oxidation sites excluding steroid dienone is 1. The first-order valence-electron chi connectivity index (χ1n) is 9.90. The number of benzene rings is 3. The Hall–Kier alpha value is -4.66. The second kappa shape index (κ2) is 10.6. The van der Waals surface area contributed by atoms with Crippen LogP contribution in [0.5, 0.6) is 0 Å². The molecule has 3 aromatic carbocycles. The minimum atomic E-state index is -1.57. The van der Waals surface area contributed by atoms with Crippen molar-refractivity contribution in [2.24, 2.45) is 0 Å². The molecule has 0 spiro atoms. The Balaban J connectivity index is 2.31. The highest BCUT2D eigenvalue weighted by Gasteiger charge is 2.44. The van der Waals surface area contributed by atoms with Gasteiger partial charge in [0.05, 0.1) is 21.2 Å². The van der Waals surface area contributed by atoms with Gasteiger partial charge < -0.3 is 0 Å². The molecule has 3 aromatic rings. The average Bonchev–Trinajstić information content (AvgIpc) is 2.81. The van der Waals surface area contributed by atoms with Crippen LogP contribution < -0.4 is 0 Å². The first-order chi connectivity index (χ1) is 15.9. The minimum absolute atomic E-state index is 0.204. The van der Waals surface area contributed by atoms with E-state index in [-0.39, 0.29) is 12.0 Å². The zero-order valence-corrected chi connectivity index (χ0v) is 17.3. The second-order valence-corrected chi connectivity index (χ2v) is 7.09. The van der Waals surface area contributed by atoms with Crippen molar-refractivity contribution < 1.29 is 14.8 Å². The van der Waals surface area contributed by atoms with Crippen molar-refractivity contribution in [1.82, 2.24) is 0 Å². The lowest BCUT2D eigenvalue weighted by Gasteiger charge is -2.14. The van der Waals surface area contributed by atoms with Crippen molar-refractivity contribution in [3.05, 3.63) is 155 Å². The Morgan fingerprint density at radius 1 is 0.697 bits per heavy atom. The second-order valence-electron chi connectivity index (χ2n) is 7.09. The highest BCUT2D eigenvalue weighted by atomic mass is 16.6. The fraction of sp³-hybridized carbons (Fsp3) is 0.0833. The molecule has 0 aliphatic rings. The molecular formula is C24H19N3O6. The van der Waals surface area contributed by atoms with Gasteiger partial charge in [0.2, 0.25) is 0 Å². The molecule has 0 aliphatic carbocycles.